The zero-order valence-corrected chi connectivity index (χ0v) is 21.6. The van der Waals surface area contributed by atoms with Crippen LogP contribution in [0.25, 0.3) is 0 Å². The van der Waals surface area contributed by atoms with Gasteiger partial charge in [0.2, 0.25) is 11.8 Å². The predicted molar refractivity (Wildman–Crippen MR) is 127 cm³/mol. The molecule has 0 aromatic rings. The molecule has 2 radical (unpaired) electrons. The lowest BCUT2D eigenvalue weighted by molar-refractivity contribution is -0.168. The van der Waals surface area contributed by atoms with Crippen LogP contribution in [0.4, 0.5) is 0 Å². The molecule has 0 saturated heterocycles. The van der Waals surface area contributed by atoms with Gasteiger partial charge in [-0.05, 0) is 74.3 Å². The van der Waals surface area contributed by atoms with E-state index in [1.165, 1.54) is 18.7 Å². The quantitative estimate of drug-likeness (QED) is 0.261. The molecule has 0 rings (SSSR count). The summed E-state index contributed by atoms with van der Waals surface area (Å²) < 4.78 is 5.82. The van der Waals surface area contributed by atoms with Crippen molar-refractivity contribution in [3.05, 3.63) is 23.3 Å². The molecule has 0 fully saturated rings. The molecular weight excluding hydrogens is 391 g/mol. The van der Waals surface area contributed by atoms with E-state index in [-0.39, 0.29) is 17.8 Å². The van der Waals surface area contributed by atoms with Crippen LogP contribution in [0.1, 0.15) is 76.2 Å². The maximum absolute atomic E-state index is 13.0. The fourth-order valence-corrected chi connectivity index (χ4v) is 2.82. The maximum atomic E-state index is 13.0. The summed E-state index contributed by atoms with van der Waals surface area (Å²) in [7, 11) is 7.06. The fourth-order valence-electron chi connectivity index (χ4n) is 2.82. The molecule has 0 aliphatic rings. The van der Waals surface area contributed by atoms with E-state index in [0.29, 0.717) is 0 Å². The van der Waals surface area contributed by atoms with Crippen molar-refractivity contribution in [1.82, 2.24) is 10.2 Å². The van der Waals surface area contributed by atoms with E-state index >= 15 is 0 Å². The Bertz CT molecular complexity index is 776. The molecule has 0 aliphatic heterocycles. The number of nitrogens with one attached hydrogen (secondary N) is 1. The van der Waals surface area contributed by atoms with Crippen molar-refractivity contribution in [2.75, 3.05) is 13.5 Å². The van der Waals surface area contributed by atoms with E-state index in [4.69, 9.17) is 12.6 Å². The summed E-state index contributed by atoms with van der Waals surface area (Å²) in [6.07, 6.45) is 0.0171. The molecule has 0 unspecified atom stereocenters. The van der Waals surface area contributed by atoms with Crippen LogP contribution in [-0.2, 0) is 19.1 Å². The van der Waals surface area contributed by atoms with Gasteiger partial charge in [-0.3, -0.25) is 14.4 Å². The molecule has 1 N–H and O–H groups in total. The normalized spacial score (nSPS) is 13.8. The average Bonchev–Trinajstić information content (AvgIpc) is 2.64. The fraction of sp³-hybridized carbons (Fsp3) is 0.708. The summed E-state index contributed by atoms with van der Waals surface area (Å²) in [6, 6.07) is 0. The molecule has 0 saturated carbocycles. The average molecular weight is 432 g/mol. The molecule has 2 amide bonds. The van der Waals surface area contributed by atoms with Crippen molar-refractivity contribution < 1.29 is 19.1 Å². The molecule has 0 aromatic heterocycles. The summed E-state index contributed by atoms with van der Waals surface area (Å²) in [5.41, 5.74) is -0.983. The number of likely N-dealkylation sites (N-methyl/N-ethyl adjacent to an activating group) is 1. The highest BCUT2D eigenvalue weighted by atomic mass is 16.6. The van der Waals surface area contributed by atoms with E-state index in [2.05, 4.69) is 25.7 Å². The Balaban J connectivity index is 5.73. The Kier molecular flexibility index (Phi) is 8.98. The topological polar surface area (TPSA) is 75.7 Å². The van der Waals surface area contributed by atoms with Crippen LogP contribution in [0, 0.1) is 10.8 Å². The van der Waals surface area contributed by atoms with Gasteiger partial charge < -0.3 is 15.0 Å². The zero-order chi connectivity index (χ0) is 25.2. The van der Waals surface area contributed by atoms with Gasteiger partial charge in [-0.2, -0.15) is 0 Å². The van der Waals surface area contributed by atoms with Crippen molar-refractivity contribution in [1.29, 1.82) is 0 Å². The van der Waals surface area contributed by atoms with Gasteiger partial charge in [0.25, 0.3) is 0 Å². The number of rotatable bonds is 9. The minimum Gasteiger partial charge on any atom is -0.454 e. The summed E-state index contributed by atoms with van der Waals surface area (Å²) >= 11 is 0. The lowest BCUT2D eigenvalue weighted by Gasteiger charge is -2.37. The number of ether oxygens (including phenoxy) is 1. The van der Waals surface area contributed by atoms with Gasteiger partial charge in [-0.1, -0.05) is 31.6 Å². The molecule has 0 spiro atoms. The van der Waals surface area contributed by atoms with Crippen LogP contribution in [0.3, 0.4) is 0 Å². The molecule has 0 heterocycles. The number of hydrogen-bond donors (Lipinski definition) is 1. The van der Waals surface area contributed by atoms with Crippen molar-refractivity contribution >= 4 is 25.6 Å². The summed E-state index contributed by atoms with van der Waals surface area (Å²) in [5.74, 6) is -1.63. The first-order valence-corrected chi connectivity index (χ1v) is 10.5. The van der Waals surface area contributed by atoms with Crippen molar-refractivity contribution in [3.8, 4) is 0 Å². The van der Waals surface area contributed by atoms with Crippen LogP contribution < -0.4 is 5.32 Å². The number of amides is 2. The van der Waals surface area contributed by atoms with Crippen molar-refractivity contribution in [2.45, 2.75) is 87.3 Å². The molecule has 6 nitrogen and oxygen atoms in total. The summed E-state index contributed by atoms with van der Waals surface area (Å²) in [6.45, 7) is 23.8. The van der Waals surface area contributed by atoms with Gasteiger partial charge in [0.1, 0.15) is 16.6 Å². The van der Waals surface area contributed by atoms with Crippen LogP contribution >= 0.6 is 0 Å². The second-order valence-electron chi connectivity index (χ2n) is 10.4. The molecule has 0 atom stereocenters. The first kappa shape index (κ1) is 29.0. The van der Waals surface area contributed by atoms with Crippen LogP contribution in [0.5, 0.6) is 0 Å². The Hall–Kier alpha value is -2.05. The predicted octanol–water partition coefficient (Wildman–Crippen LogP) is 3.75. The maximum Gasteiger partial charge on any atom is 0.321 e. The molecule has 0 aliphatic carbocycles. The smallest absolute Gasteiger partial charge is 0.321 e. The van der Waals surface area contributed by atoms with Gasteiger partial charge in [0.05, 0.1) is 7.85 Å². The van der Waals surface area contributed by atoms with E-state index in [0.717, 1.165) is 16.7 Å². The van der Waals surface area contributed by atoms with E-state index in [9.17, 15) is 14.4 Å². The van der Waals surface area contributed by atoms with Gasteiger partial charge in [0, 0.05) is 12.5 Å². The third kappa shape index (κ3) is 6.47. The highest BCUT2D eigenvalue weighted by molar-refractivity contribution is 6.10. The number of nitrogens with zero attached hydrogens (tertiary/aromatic N) is 1. The molecule has 7 heteroatoms. The Morgan fingerprint density at radius 3 is 1.74 bits per heavy atom. The number of hydrogen-bond acceptors (Lipinski definition) is 4. The molecule has 31 heavy (non-hydrogen) atoms. The van der Waals surface area contributed by atoms with Gasteiger partial charge in [0.15, 0.2) is 0 Å². The van der Waals surface area contributed by atoms with Gasteiger partial charge in [-0.15, -0.1) is 0 Å². The molecule has 0 aromatic carbocycles. The van der Waals surface area contributed by atoms with E-state index < -0.39 is 28.4 Å². The second-order valence-corrected chi connectivity index (χ2v) is 10.4. The molecule has 174 valence electrons. The first-order chi connectivity index (χ1) is 13.7. The Morgan fingerprint density at radius 1 is 0.903 bits per heavy atom. The van der Waals surface area contributed by atoms with Crippen LogP contribution in [-0.4, -0.2) is 55.2 Å². The Labute approximate surface area is 190 Å². The second kappa shape index (κ2) is 9.62. The lowest BCUT2D eigenvalue weighted by Crippen LogP contribution is -2.59. The van der Waals surface area contributed by atoms with Crippen LogP contribution in [0.2, 0.25) is 0 Å². The van der Waals surface area contributed by atoms with E-state index in [1.807, 2.05) is 20.8 Å². The monoisotopic (exact) mass is 432 g/mol. The highest BCUT2D eigenvalue weighted by Gasteiger charge is 2.44. The Morgan fingerprint density at radius 2 is 1.35 bits per heavy atom. The van der Waals surface area contributed by atoms with Crippen molar-refractivity contribution in [3.63, 3.8) is 0 Å². The SMILES string of the molecule is [B]CN(C)C(=O)C(C)(C)NC(=O)C(C)(C)C(=O)OC(C)(C)/C(C)=C(/C)C(C)(C)C(=C)C. The third-order valence-electron chi connectivity index (χ3n) is 6.48. The molecule has 0 bridgehead atoms. The van der Waals surface area contributed by atoms with Crippen molar-refractivity contribution in [2.24, 2.45) is 10.8 Å². The minimum atomic E-state index is -1.51. The number of carbonyl (C=O) groups excluding carboxylic acids is 3. The molecular formula is C24H41BN2O4. The first-order valence-electron chi connectivity index (χ1n) is 10.5. The van der Waals surface area contributed by atoms with Crippen LogP contribution in [0.15, 0.2) is 23.3 Å². The lowest BCUT2D eigenvalue weighted by atomic mass is 9.75. The number of allylic oxidation sites excluding steroid dienone is 2. The zero-order valence-electron chi connectivity index (χ0n) is 21.6. The van der Waals surface area contributed by atoms with Gasteiger partial charge in [-0.25, -0.2) is 0 Å². The number of esters is 1. The minimum absolute atomic E-state index is 0.0171. The largest absolute Gasteiger partial charge is 0.454 e. The van der Waals surface area contributed by atoms with E-state index in [1.54, 1.807) is 34.7 Å². The summed E-state index contributed by atoms with van der Waals surface area (Å²) in [4.78, 5) is 39.8. The van der Waals surface area contributed by atoms with Gasteiger partial charge >= 0.3 is 5.97 Å². The summed E-state index contributed by atoms with van der Waals surface area (Å²) in [5, 5.41) is 2.66. The standard InChI is InChI=1S/C24H41BN2O4/c1-15(2)21(5,6)16(3)17(4)24(11,12)31-20(30)22(7,8)18(28)26-23(9,10)19(29)27(13)14-25/h1,14H2,2-13H3,(H,26,28)/b17-16-. The third-order valence-corrected chi connectivity index (χ3v) is 6.48. The highest BCUT2D eigenvalue weighted by Crippen LogP contribution is 2.39. The number of carbonyl (C=O) groups is 3.